The van der Waals surface area contributed by atoms with Crippen molar-refractivity contribution in [2.75, 3.05) is 13.1 Å². The average Bonchev–Trinajstić information content (AvgIpc) is 2.96. The topological polar surface area (TPSA) is 53.1 Å². The predicted molar refractivity (Wildman–Crippen MR) is 158 cm³/mol. The predicted octanol–water partition coefficient (Wildman–Crippen LogP) is 6.67. The Bertz CT molecular complexity index is 1440. The standard InChI is InChI=1S/C34H38F3N3O3/c1-33(2,3)43-32(42)40-21-27-14-8-7-13-26(27)19-30(40)38-22-29(17-16-24-10-5-4-6-11-24)39(31(41)23-38)20-25-12-9-15-28(18-25)34(35,36)37/h4-15,18,29-30H,16-17,19-23H2,1-3H3/t29?,30-/m1/s1. The summed E-state index contributed by atoms with van der Waals surface area (Å²) in [7, 11) is 0. The summed E-state index contributed by atoms with van der Waals surface area (Å²) in [5.41, 5.74) is 2.30. The van der Waals surface area contributed by atoms with Gasteiger partial charge >= 0.3 is 12.3 Å². The quantitative estimate of drug-likeness (QED) is 0.320. The minimum Gasteiger partial charge on any atom is -0.444 e. The highest BCUT2D eigenvalue weighted by molar-refractivity contribution is 5.80. The fraction of sp³-hybridized carbons (Fsp3) is 0.412. The number of rotatable bonds is 6. The summed E-state index contributed by atoms with van der Waals surface area (Å²) in [5, 5.41) is 0. The lowest BCUT2D eigenvalue weighted by atomic mass is 9.95. The number of aryl methyl sites for hydroxylation is 1. The second-order valence-corrected chi connectivity index (χ2v) is 12.4. The Kier molecular flexibility index (Phi) is 8.83. The highest BCUT2D eigenvalue weighted by atomic mass is 19.4. The first kappa shape index (κ1) is 30.6. The maximum absolute atomic E-state index is 13.8. The number of alkyl halides is 3. The zero-order valence-electron chi connectivity index (χ0n) is 24.8. The van der Waals surface area contributed by atoms with Crippen LogP contribution >= 0.6 is 0 Å². The number of amides is 2. The lowest BCUT2D eigenvalue weighted by Crippen LogP contribution is -2.63. The monoisotopic (exact) mass is 593 g/mol. The molecule has 43 heavy (non-hydrogen) atoms. The van der Waals surface area contributed by atoms with Gasteiger partial charge in [-0.3, -0.25) is 14.6 Å². The smallest absolute Gasteiger partial charge is 0.416 e. The molecule has 2 atom stereocenters. The molecule has 0 radical (unpaired) electrons. The van der Waals surface area contributed by atoms with Gasteiger partial charge in [0.05, 0.1) is 24.8 Å². The van der Waals surface area contributed by atoms with E-state index in [2.05, 4.69) is 0 Å². The van der Waals surface area contributed by atoms with E-state index in [1.165, 1.54) is 6.07 Å². The Hall–Kier alpha value is -3.85. The number of ether oxygens (including phenoxy) is 1. The molecule has 0 spiro atoms. The van der Waals surface area contributed by atoms with Crippen LogP contribution in [0.5, 0.6) is 0 Å². The number of halogens is 3. The number of nitrogens with zero attached hydrogens (tertiary/aromatic N) is 3. The summed E-state index contributed by atoms with van der Waals surface area (Å²) in [6.45, 7) is 6.45. The number of carbonyl (C=O) groups is 2. The van der Waals surface area contributed by atoms with Crippen LogP contribution in [0.2, 0.25) is 0 Å². The molecular formula is C34H38F3N3O3. The molecule has 3 aromatic carbocycles. The number of fused-ring (bicyclic) bond motifs is 1. The van der Waals surface area contributed by atoms with E-state index in [0.29, 0.717) is 37.9 Å². The van der Waals surface area contributed by atoms with E-state index >= 15 is 0 Å². The van der Waals surface area contributed by atoms with Crippen molar-refractivity contribution in [1.29, 1.82) is 0 Å². The van der Waals surface area contributed by atoms with Crippen LogP contribution < -0.4 is 0 Å². The van der Waals surface area contributed by atoms with Crippen LogP contribution in [0, 0.1) is 0 Å². The molecule has 5 rings (SSSR count). The Labute approximate surface area is 251 Å². The van der Waals surface area contributed by atoms with Crippen molar-refractivity contribution in [3.8, 4) is 0 Å². The normalized spacial score (nSPS) is 19.7. The van der Waals surface area contributed by atoms with Crippen LogP contribution in [-0.4, -0.2) is 57.6 Å². The molecule has 0 saturated carbocycles. The van der Waals surface area contributed by atoms with Gasteiger partial charge in [-0.05, 0) is 68.0 Å². The van der Waals surface area contributed by atoms with Crippen molar-refractivity contribution in [2.45, 2.75) is 77.1 Å². The van der Waals surface area contributed by atoms with Gasteiger partial charge in [0, 0.05) is 25.6 Å². The Balaban J connectivity index is 1.43. The number of hydrogen-bond acceptors (Lipinski definition) is 4. The molecule has 0 N–H and O–H groups in total. The first-order chi connectivity index (χ1) is 20.4. The van der Waals surface area contributed by atoms with Gasteiger partial charge in [0.1, 0.15) is 5.60 Å². The van der Waals surface area contributed by atoms with Gasteiger partial charge in [-0.1, -0.05) is 66.7 Å². The van der Waals surface area contributed by atoms with Gasteiger partial charge in [0.15, 0.2) is 0 Å². The molecule has 2 amide bonds. The van der Waals surface area contributed by atoms with E-state index < -0.39 is 29.6 Å². The molecule has 228 valence electrons. The third-order valence-corrected chi connectivity index (χ3v) is 8.03. The van der Waals surface area contributed by atoms with Crippen LogP contribution in [0.1, 0.15) is 55.0 Å². The number of benzene rings is 3. The third-order valence-electron chi connectivity index (χ3n) is 8.03. The maximum Gasteiger partial charge on any atom is 0.416 e. The van der Waals surface area contributed by atoms with Gasteiger partial charge in [-0.15, -0.1) is 0 Å². The van der Waals surface area contributed by atoms with Crippen molar-refractivity contribution >= 4 is 12.0 Å². The van der Waals surface area contributed by atoms with Gasteiger partial charge in [-0.2, -0.15) is 13.2 Å². The van der Waals surface area contributed by atoms with Gasteiger partial charge in [0.25, 0.3) is 0 Å². The Morgan fingerprint density at radius 3 is 2.26 bits per heavy atom. The minimum absolute atomic E-state index is 0.0485. The van der Waals surface area contributed by atoms with E-state index in [1.807, 2.05) is 80.3 Å². The second-order valence-electron chi connectivity index (χ2n) is 12.4. The van der Waals surface area contributed by atoms with E-state index in [-0.39, 0.29) is 25.0 Å². The second kappa shape index (κ2) is 12.4. The van der Waals surface area contributed by atoms with E-state index in [0.717, 1.165) is 28.8 Å². The van der Waals surface area contributed by atoms with Crippen molar-refractivity contribution in [2.24, 2.45) is 0 Å². The number of hydrogen-bond donors (Lipinski definition) is 0. The molecular weight excluding hydrogens is 555 g/mol. The van der Waals surface area contributed by atoms with Crippen LogP contribution in [0.25, 0.3) is 0 Å². The highest BCUT2D eigenvalue weighted by Crippen LogP contribution is 2.32. The van der Waals surface area contributed by atoms with Crippen LogP contribution in [0.3, 0.4) is 0 Å². The SMILES string of the molecule is CC(C)(C)OC(=O)N1Cc2ccccc2C[C@@H]1N1CC(=O)N(Cc2cccc(C(F)(F)F)c2)C(CCc2ccccc2)C1. The summed E-state index contributed by atoms with van der Waals surface area (Å²) >= 11 is 0. The Morgan fingerprint density at radius 1 is 0.884 bits per heavy atom. The molecule has 9 heteroatoms. The fourth-order valence-electron chi connectivity index (χ4n) is 5.95. The van der Waals surface area contributed by atoms with Crippen molar-refractivity contribution < 1.29 is 27.5 Å². The van der Waals surface area contributed by atoms with E-state index in [9.17, 15) is 22.8 Å². The minimum atomic E-state index is -4.46. The summed E-state index contributed by atoms with van der Waals surface area (Å²) in [6.07, 6.45) is -3.43. The largest absolute Gasteiger partial charge is 0.444 e. The lowest BCUT2D eigenvalue weighted by Gasteiger charge is -2.48. The molecule has 3 aromatic rings. The molecule has 1 unspecified atom stereocenters. The molecule has 6 nitrogen and oxygen atoms in total. The summed E-state index contributed by atoms with van der Waals surface area (Å²) in [6, 6.07) is 22.8. The zero-order chi connectivity index (χ0) is 30.8. The molecule has 2 heterocycles. The molecule has 0 aromatic heterocycles. The maximum atomic E-state index is 13.8. The molecule has 2 aliphatic heterocycles. The number of carbonyl (C=O) groups excluding carboxylic acids is 2. The third kappa shape index (κ3) is 7.57. The van der Waals surface area contributed by atoms with Crippen LogP contribution in [-0.2, 0) is 41.6 Å². The van der Waals surface area contributed by atoms with Gasteiger partial charge in [0.2, 0.25) is 5.91 Å². The summed E-state index contributed by atoms with van der Waals surface area (Å²) in [5.74, 6) is -0.176. The van der Waals surface area contributed by atoms with E-state index in [4.69, 9.17) is 4.74 Å². The van der Waals surface area contributed by atoms with Gasteiger partial charge < -0.3 is 9.64 Å². The lowest BCUT2D eigenvalue weighted by molar-refractivity contribution is -0.145. The van der Waals surface area contributed by atoms with Crippen molar-refractivity contribution in [1.82, 2.24) is 14.7 Å². The average molecular weight is 594 g/mol. The van der Waals surface area contributed by atoms with Crippen LogP contribution in [0.15, 0.2) is 78.9 Å². The molecule has 0 bridgehead atoms. The first-order valence-corrected chi connectivity index (χ1v) is 14.7. The van der Waals surface area contributed by atoms with E-state index in [1.54, 1.807) is 15.9 Å². The molecule has 1 fully saturated rings. The summed E-state index contributed by atoms with van der Waals surface area (Å²) in [4.78, 5) is 32.8. The number of piperazine rings is 1. The summed E-state index contributed by atoms with van der Waals surface area (Å²) < 4.78 is 46.1. The first-order valence-electron chi connectivity index (χ1n) is 14.7. The molecule has 2 aliphatic rings. The fourth-order valence-corrected chi connectivity index (χ4v) is 5.95. The zero-order valence-corrected chi connectivity index (χ0v) is 24.8. The molecule has 1 saturated heterocycles. The van der Waals surface area contributed by atoms with Gasteiger partial charge in [-0.25, -0.2) is 4.79 Å². The van der Waals surface area contributed by atoms with Crippen LogP contribution in [0.4, 0.5) is 18.0 Å². The van der Waals surface area contributed by atoms with Crippen molar-refractivity contribution in [3.05, 3.63) is 107 Å². The highest BCUT2D eigenvalue weighted by Gasteiger charge is 2.42. The Morgan fingerprint density at radius 2 is 1.56 bits per heavy atom. The molecule has 0 aliphatic carbocycles. The van der Waals surface area contributed by atoms with Crippen molar-refractivity contribution in [3.63, 3.8) is 0 Å².